The summed E-state index contributed by atoms with van der Waals surface area (Å²) < 4.78 is 6.90. The number of aliphatic hydroxyl groups is 1. The van der Waals surface area contributed by atoms with Gasteiger partial charge in [-0.2, -0.15) is 0 Å². The van der Waals surface area contributed by atoms with Crippen LogP contribution in [0.15, 0.2) is 40.9 Å². The second kappa shape index (κ2) is 5.00. The summed E-state index contributed by atoms with van der Waals surface area (Å²) in [6, 6.07) is 12.4. The van der Waals surface area contributed by atoms with E-state index in [0.717, 1.165) is 10.9 Å². The molecule has 3 heteroatoms. The zero-order valence-electron chi connectivity index (χ0n) is 9.97. The number of aliphatic hydroxyl groups excluding tert-OH is 1. The molecule has 0 bridgehead atoms. The normalized spacial score (nSPS) is 24.3. The highest BCUT2D eigenvalue weighted by molar-refractivity contribution is 9.10. The number of rotatable bonds is 1. The summed E-state index contributed by atoms with van der Waals surface area (Å²) in [5, 5.41) is 12.2. The molecule has 0 aromatic heterocycles. The minimum atomic E-state index is -0.244. The predicted molar refractivity (Wildman–Crippen MR) is 75.6 cm³/mol. The molecule has 0 amide bonds. The van der Waals surface area contributed by atoms with E-state index in [9.17, 15) is 5.11 Å². The third-order valence-electron chi connectivity index (χ3n) is 3.51. The summed E-state index contributed by atoms with van der Waals surface area (Å²) in [5.74, 6) is 0. The van der Waals surface area contributed by atoms with Crippen molar-refractivity contribution in [1.82, 2.24) is 0 Å². The number of benzene rings is 2. The Morgan fingerprint density at radius 3 is 2.67 bits per heavy atom. The van der Waals surface area contributed by atoms with Gasteiger partial charge in [-0.3, -0.25) is 0 Å². The average molecular weight is 307 g/mol. The van der Waals surface area contributed by atoms with Crippen LogP contribution >= 0.6 is 15.9 Å². The first-order chi connectivity index (χ1) is 8.75. The van der Waals surface area contributed by atoms with Gasteiger partial charge in [0, 0.05) is 17.5 Å². The molecule has 1 aliphatic rings. The Kier molecular flexibility index (Phi) is 3.37. The zero-order valence-corrected chi connectivity index (χ0v) is 11.6. The highest BCUT2D eigenvalue weighted by atomic mass is 79.9. The Morgan fingerprint density at radius 2 is 1.89 bits per heavy atom. The fourth-order valence-corrected chi connectivity index (χ4v) is 3.04. The van der Waals surface area contributed by atoms with Crippen LogP contribution in [-0.2, 0) is 4.74 Å². The predicted octanol–water partition coefficient (Wildman–Crippen LogP) is 3.81. The molecule has 1 heterocycles. The van der Waals surface area contributed by atoms with Crippen LogP contribution in [0.25, 0.3) is 10.8 Å². The molecular formula is C15H15BrO2. The molecule has 18 heavy (non-hydrogen) atoms. The summed E-state index contributed by atoms with van der Waals surface area (Å²) >= 11 is 3.58. The van der Waals surface area contributed by atoms with Crippen LogP contribution in [0.5, 0.6) is 0 Å². The first-order valence-electron chi connectivity index (χ1n) is 6.22. The lowest BCUT2D eigenvalue weighted by Crippen LogP contribution is -2.23. The largest absolute Gasteiger partial charge is 0.393 e. The van der Waals surface area contributed by atoms with Gasteiger partial charge >= 0.3 is 0 Å². The van der Waals surface area contributed by atoms with E-state index in [4.69, 9.17) is 4.74 Å². The van der Waals surface area contributed by atoms with Gasteiger partial charge in [-0.05, 0) is 28.8 Å². The highest BCUT2D eigenvalue weighted by Gasteiger charge is 2.23. The summed E-state index contributed by atoms with van der Waals surface area (Å²) in [6.45, 7) is 0.635. The van der Waals surface area contributed by atoms with Crippen molar-refractivity contribution in [2.75, 3.05) is 6.61 Å². The van der Waals surface area contributed by atoms with E-state index in [1.54, 1.807) is 0 Å². The van der Waals surface area contributed by atoms with Gasteiger partial charge in [-0.1, -0.05) is 46.3 Å². The van der Waals surface area contributed by atoms with E-state index < -0.39 is 0 Å². The van der Waals surface area contributed by atoms with Crippen LogP contribution in [0, 0.1) is 0 Å². The lowest BCUT2D eigenvalue weighted by molar-refractivity contribution is -0.0441. The zero-order chi connectivity index (χ0) is 12.5. The summed E-state index contributed by atoms with van der Waals surface area (Å²) in [5.41, 5.74) is 1.17. The minimum absolute atomic E-state index is 0.00625. The number of fused-ring (bicyclic) bond motifs is 1. The fourth-order valence-electron chi connectivity index (χ4n) is 2.56. The van der Waals surface area contributed by atoms with E-state index in [2.05, 4.69) is 40.2 Å². The van der Waals surface area contributed by atoms with Crippen LogP contribution in [0.3, 0.4) is 0 Å². The highest BCUT2D eigenvalue weighted by Crippen LogP contribution is 2.35. The summed E-state index contributed by atoms with van der Waals surface area (Å²) in [6.07, 6.45) is 1.19. The Bertz CT molecular complexity index is 567. The van der Waals surface area contributed by atoms with Crippen LogP contribution in [0.4, 0.5) is 0 Å². The fraction of sp³-hybridized carbons (Fsp3) is 0.333. The van der Waals surface area contributed by atoms with E-state index in [-0.39, 0.29) is 12.2 Å². The molecule has 2 atom stereocenters. The van der Waals surface area contributed by atoms with Gasteiger partial charge in [-0.25, -0.2) is 0 Å². The van der Waals surface area contributed by atoms with E-state index in [1.165, 1.54) is 16.3 Å². The van der Waals surface area contributed by atoms with Crippen molar-refractivity contribution in [2.45, 2.75) is 25.0 Å². The van der Waals surface area contributed by atoms with Gasteiger partial charge in [0.2, 0.25) is 0 Å². The SMILES string of the molecule is OC1CCOC(c2ccc(Br)c3ccccc23)C1. The smallest absolute Gasteiger partial charge is 0.0855 e. The Balaban J connectivity index is 2.09. The second-order valence-corrected chi connectivity index (χ2v) is 5.57. The van der Waals surface area contributed by atoms with Crippen LogP contribution in [0.2, 0.25) is 0 Å². The molecule has 2 aromatic carbocycles. The van der Waals surface area contributed by atoms with Crippen LogP contribution in [0.1, 0.15) is 24.5 Å². The molecule has 3 rings (SSSR count). The molecule has 0 aliphatic carbocycles. The Labute approximate surface area is 115 Å². The lowest BCUT2D eigenvalue weighted by atomic mass is 9.95. The van der Waals surface area contributed by atoms with Crippen molar-refractivity contribution in [3.8, 4) is 0 Å². The van der Waals surface area contributed by atoms with Crippen molar-refractivity contribution in [1.29, 1.82) is 0 Å². The average Bonchev–Trinajstić information content (AvgIpc) is 2.39. The van der Waals surface area contributed by atoms with Gasteiger partial charge in [0.25, 0.3) is 0 Å². The summed E-state index contributed by atoms with van der Waals surface area (Å²) in [7, 11) is 0. The van der Waals surface area contributed by atoms with E-state index in [0.29, 0.717) is 13.0 Å². The Hall–Kier alpha value is -0.900. The lowest BCUT2D eigenvalue weighted by Gasteiger charge is -2.27. The number of ether oxygens (including phenoxy) is 1. The quantitative estimate of drug-likeness (QED) is 0.868. The monoisotopic (exact) mass is 306 g/mol. The Morgan fingerprint density at radius 1 is 1.11 bits per heavy atom. The molecule has 0 saturated carbocycles. The maximum atomic E-state index is 9.78. The second-order valence-electron chi connectivity index (χ2n) is 4.72. The molecule has 94 valence electrons. The number of hydrogen-bond acceptors (Lipinski definition) is 2. The van der Waals surface area contributed by atoms with Crippen molar-refractivity contribution in [2.24, 2.45) is 0 Å². The molecule has 2 nitrogen and oxygen atoms in total. The van der Waals surface area contributed by atoms with Crippen molar-refractivity contribution in [3.05, 3.63) is 46.4 Å². The molecule has 2 aromatic rings. The molecule has 2 unspecified atom stereocenters. The maximum absolute atomic E-state index is 9.78. The van der Waals surface area contributed by atoms with Gasteiger partial charge in [0.15, 0.2) is 0 Å². The van der Waals surface area contributed by atoms with Crippen molar-refractivity contribution in [3.63, 3.8) is 0 Å². The molecule has 1 N–H and O–H groups in total. The van der Waals surface area contributed by atoms with Gasteiger partial charge in [-0.15, -0.1) is 0 Å². The van der Waals surface area contributed by atoms with Crippen molar-refractivity contribution >= 4 is 26.7 Å². The molecule has 0 spiro atoms. The van der Waals surface area contributed by atoms with E-state index in [1.807, 2.05) is 12.1 Å². The number of hydrogen-bond donors (Lipinski definition) is 1. The van der Waals surface area contributed by atoms with Gasteiger partial charge in [0.1, 0.15) is 0 Å². The summed E-state index contributed by atoms with van der Waals surface area (Å²) in [4.78, 5) is 0. The molecular weight excluding hydrogens is 292 g/mol. The number of halogens is 1. The first-order valence-corrected chi connectivity index (χ1v) is 7.02. The van der Waals surface area contributed by atoms with Crippen LogP contribution in [-0.4, -0.2) is 17.8 Å². The molecule has 0 radical (unpaired) electrons. The van der Waals surface area contributed by atoms with Gasteiger partial charge in [0.05, 0.1) is 12.2 Å². The molecule has 1 fully saturated rings. The first kappa shape index (κ1) is 12.2. The molecule has 1 aliphatic heterocycles. The molecule has 1 saturated heterocycles. The standard InChI is InChI=1S/C15H15BrO2/c16-14-6-5-13(11-3-1-2-4-12(11)14)15-9-10(17)7-8-18-15/h1-6,10,15,17H,7-9H2. The third kappa shape index (κ3) is 2.18. The van der Waals surface area contributed by atoms with E-state index >= 15 is 0 Å². The van der Waals surface area contributed by atoms with Gasteiger partial charge < -0.3 is 9.84 Å². The van der Waals surface area contributed by atoms with Crippen LogP contribution < -0.4 is 0 Å². The maximum Gasteiger partial charge on any atom is 0.0855 e. The van der Waals surface area contributed by atoms with Crippen molar-refractivity contribution < 1.29 is 9.84 Å². The third-order valence-corrected chi connectivity index (χ3v) is 4.20. The topological polar surface area (TPSA) is 29.5 Å². The minimum Gasteiger partial charge on any atom is -0.393 e.